The number of alkyl halides is 3. The Bertz CT molecular complexity index is 605. The second-order valence-corrected chi connectivity index (χ2v) is 5.86. The van der Waals surface area contributed by atoms with Gasteiger partial charge in [0, 0.05) is 15.3 Å². The number of thiophene rings is 1. The lowest BCUT2D eigenvalue weighted by Crippen LogP contribution is -2.29. The van der Waals surface area contributed by atoms with Crippen molar-refractivity contribution in [1.29, 1.82) is 0 Å². The zero-order chi connectivity index (χ0) is 15.6. The first-order valence-electron chi connectivity index (χ1n) is 6.19. The van der Waals surface area contributed by atoms with Gasteiger partial charge in [0.15, 0.2) is 0 Å². The molecule has 0 aliphatic heterocycles. The molecule has 1 aromatic heterocycles. The van der Waals surface area contributed by atoms with Crippen molar-refractivity contribution in [3.05, 3.63) is 51.2 Å². The van der Waals surface area contributed by atoms with Crippen LogP contribution >= 0.6 is 11.3 Å². The Kier molecular flexibility index (Phi) is 4.55. The standard InChI is InChI=1S/C14H15F3N2OS/c1-8-7-12(21-9(8)2)13(19-18)10-5-3-4-6-11(10)20-14(15,16)17/h3-7,13,19H,18H2,1-2H3. The molecule has 7 heteroatoms. The molecular weight excluding hydrogens is 301 g/mol. The van der Waals surface area contributed by atoms with Crippen LogP contribution in [-0.2, 0) is 0 Å². The lowest BCUT2D eigenvalue weighted by Gasteiger charge is -2.19. The Morgan fingerprint density at radius 3 is 2.43 bits per heavy atom. The van der Waals surface area contributed by atoms with Gasteiger partial charge in [-0.15, -0.1) is 24.5 Å². The molecule has 0 aliphatic rings. The van der Waals surface area contributed by atoms with Gasteiger partial charge >= 0.3 is 6.36 Å². The minimum atomic E-state index is -4.74. The first-order chi connectivity index (χ1) is 9.81. The molecule has 0 fully saturated rings. The van der Waals surface area contributed by atoms with Crippen LogP contribution in [0.2, 0.25) is 0 Å². The predicted octanol–water partition coefficient (Wildman–Crippen LogP) is 3.82. The third-order valence-electron chi connectivity index (χ3n) is 3.09. The maximum Gasteiger partial charge on any atom is 0.573 e. The van der Waals surface area contributed by atoms with Crippen molar-refractivity contribution in [1.82, 2.24) is 5.43 Å². The third-order valence-corrected chi connectivity index (χ3v) is 4.31. The number of nitrogens with one attached hydrogen (secondary N) is 1. The molecule has 3 nitrogen and oxygen atoms in total. The van der Waals surface area contributed by atoms with Crippen LogP contribution in [0, 0.1) is 13.8 Å². The van der Waals surface area contributed by atoms with Crippen molar-refractivity contribution < 1.29 is 17.9 Å². The molecule has 1 unspecified atom stereocenters. The molecule has 3 N–H and O–H groups in total. The van der Waals surface area contributed by atoms with Gasteiger partial charge in [0.25, 0.3) is 0 Å². The molecule has 1 atom stereocenters. The lowest BCUT2D eigenvalue weighted by atomic mass is 10.0. The molecule has 114 valence electrons. The molecule has 0 aliphatic carbocycles. The molecule has 0 bridgehead atoms. The summed E-state index contributed by atoms with van der Waals surface area (Å²) in [5, 5.41) is 0. The van der Waals surface area contributed by atoms with Gasteiger partial charge in [-0.2, -0.15) is 0 Å². The zero-order valence-electron chi connectivity index (χ0n) is 11.5. The third kappa shape index (κ3) is 3.75. The second-order valence-electron chi connectivity index (χ2n) is 4.57. The topological polar surface area (TPSA) is 47.3 Å². The van der Waals surface area contributed by atoms with Crippen molar-refractivity contribution in [2.75, 3.05) is 0 Å². The van der Waals surface area contributed by atoms with E-state index in [-0.39, 0.29) is 5.75 Å². The van der Waals surface area contributed by atoms with E-state index in [9.17, 15) is 13.2 Å². The maximum absolute atomic E-state index is 12.5. The van der Waals surface area contributed by atoms with Crippen molar-refractivity contribution in [2.45, 2.75) is 26.3 Å². The molecule has 1 heterocycles. The predicted molar refractivity (Wildman–Crippen MR) is 76.1 cm³/mol. The minimum Gasteiger partial charge on any atom is -0.405 e. The molecule has 0 saturated heterocycles. The normalized spacial score (nSPS) is 13.2. The number of nitrogens with two attached hydrogens (primary N) is 1. The number of rotatable bonds is 4. The fourth-order valence-electron chi connectivity index (χ4n) is 2.01. The molecule has 21 heavy (non-hydrogen) atoms. The summed E-state index contributed by atoms with van der Waals surface area (Å²) in [6.45, 7) is 3.90. The molecule has 0 radical (unpaired) electrons. The largest absolute Gasteiger partial charge is 0.573 e. The summed E-state index contributed by atoms with van der Waals surface area (Å²) < 4.78 is 41.5. The highest BCUT2D eigenvalue weighted by Gasteiger charge is 2.33. The Morgan fingerprint density at radius 2 is 1.90 bits per heavy atom. The van der Waals surface area contributed by atoms with Crippen molar-refractivity contribution in [2.24, 2.45) is 5.84 Å². The monoisotopic (exact) mass is 316 g/mol. The number of ether oxygens (including phenoxy) is 1. The Hall–Kier alpha value is -1.57. The summed E-state index contributed by atoms with van der Waals surface area (Å²) in [6.07, 6.45) is -4.74. The van der Waals surface area contributed by atoms with Crippen LogP contribution in [-0.4, -0.2) is 6.36 Å². The van der Waals surface area contributed by atoms with Crippen LogP contribution in [0.5, 0.6) is 5.75 Å². The van der Waals surface area contributed by atoms with E-state index >= 15 is 0 Å². The van der Waals surface area contributed by atoms with Crippen LogP contribution in [0.15, 0.2) is 30.3 Å². The fourth-order valence-corrected chi connectivity index (χ4v) is 3.13. The van der Waals surface area contributed by atoms with Crippen LogP contribution in [0.25, 0.3) is 0 Å². The van der Waals surface area contributed by atoms with Gasteiger partial charge in [-0.05, 0) is 31.5 Å². The van der Waals surface area contributed by atoms with E-state index in [1.165, 1.54) is 23.5 Å². The van der Waals surface area contributed by atoms with E-state index in [4.69, 9.17) is 5.84 Å². The minimum absolute atomic E-state index is 0.253. The maximum atomic E-state index is 12.5. The average Bonchev–Trinajstić information content (AvgIpc) is 2.70. The van der Waals surface area contributed by atoms with Crippen molar-refractivity contribution in [3.63, 3.8) is 0 Å². The van der Waals surface area contributed by atoms with E-state index in [0.717, 1.165) is 15.3 Å². The van der Waals surface area contributed by atoms with E-state index in [2.05, 4.69) is 10.2 Å². The van der Waals surface area contributed by atoms with Crippen LogP contribution in [0.3, 0.4) is 0 Å². The average molecular weight is 316 g/mol. The fraction of sp³-hybridized carbons (Fsp3) is 0.286. The Morgan fingerprint density at radius 1 is 1.24 bits per heavy atom. The summed E-state index contributed by atoms with van der Waals surface area (Å²) in [6, 6.07) is 7.34. The molecule has 2 aromatic rings. The van der Waals surface area contributed by atoms with Crippen LogP contribution in [0.4, 0.5) is 13.2 Å². The van der Waals surface area contributed by atoms with E-state index in [1.807, 2.05) is 19.9 Å². The van der Waals surface area contributed by atoms with Crippen molar-refractivity contribution in [3.8, 4) is 5.75 Å². The van der Waals surface area contributed by atoms with Gasteiger partial charge in [0.05, 0.1) is 6.04 Å². The first kappa shape index (κ1) is 15.8. The quantitative estimate of drug-likeness (QED) is 0.666. The van der Waals surface area contributed by atoms with Crippen LogP contribution < -0.4 is 16.0 Å². The lowest BCUT2D eigenvalue weighted by molar-refractivity contribution is -0.275. The highest BCUT2D eigenvalue weighted by molar-refractivity contribution is 7.12. The number of halogens is 3. The summed E-state index contributed by atoms with van der Waals surface area (Å²) in [7, 11) is 0. The second kappa shape index (κ2) is 6.05. The molecular formula is C14H15F3N2OS. The summed E-state index contributed by atoms with van der Waals surface area (Å²) in [5.74, 6) is 5.30. The highest BCUT2D eigenvalue weighted by atomic mass is 32.1. The number of para-hydroxylation sites is 1. The molecule has 0 spiro atoms. The van der Waals surface area contributed by atoms with E-state index < -0.39 is 12.4 Å². The van der Waals surface area contributed by atoms with E-state index in [0.29, 0.717) is 5.56 Å². The molecule has 0 amide bonds. The number of hydrogen-bond donors (Lipinski definition) is 2. The SMILES string of the molecule is Cc1cc(C(NN)c2ccccc2OC(F)(F)F)sc1C. The van der Waals surface area contributed by atoms with Gasteiger partial charge in [0.2, 0.25) is 0 Å². The number of benzene rings is 1. The number of hydrogen-bond acceptors (Lipinski definition) is 4. The summed E-state index contributed by atoms with van der Waals surface area (Å²) >= 11 is 1.49. The molecule has 1 aromatic carbocycles. The highest BCUT2D eigenvalue weighted by Crippen LogP contribution is 2.36. The van der Waals surface area contributed by atoms with Gasteiger partial charge < -0.3 is 4.74 Å². The molecule has 0 saturated carbocycles. The first-order valence-corrected chi connectivity index (χ1v) is 7.01. The number of aryl methyl sites for hydroxylation is 2. The van der Waals surface area contributed by atoms with Crippen LogP contribution in [0.1, 0.15) is 26.9 Å². The summed E-state index contributed by atoms with van der Waals surface area (Å²) in [5.41, 5.74) is 3.98. The Balaban J connectivity index is 2.43. The van der Waals surface area contributed by atoms with Crippen molar-refractivity contribution >= 4 is 11.3 Å². The number of hydrazine groups is 1. The van der Waals surface area contributed by atoms with Gasteiger partial charge in [0.1, 0.15) is 5.75 Å². The Labute approximate surface area is 124 Å². The molecule has 2 rings (SSSR count). The van der Waals surface area contributed by atoms with E-state index in [1.54, 1.807) is 12.1 Å². The smallest absolute Gasteiger partial charge is 0.405 e. The van der Waals surface area contributed by atoms with Gasteiger partial charge in [-0.3, -0.25) is 5.84 Å². The van der Waals surface area contributed by atoms with Gasteiger partial charge in [-0.25, -0.2) is 5.43 Å². The zero-order valence-corrected chi connectivity index (χ0v) is 12.3. The summed E-state index contributed by atoms with van der Waals surface area (Å²) in [4.78, 5) is 1.94. The van der Waals surface area contributed by atoms with Gasteiger partial charge in [-0.1, -0.05) is 18.2 Å².